The first-order valence-corrected chi connectivity index (χ1v) is 6.68. The lowest BCUT2D eigenvalue weighted by Gasteiger charge is -2.14. The highest BCUT2D eigenvalue weighted by atomic mass is 16.5. The van der Waals surface area contributed by atoms with Gasteiger partial charge < -0.3 is 15.2 Å². The minimum atomic E-state index is -0.647. The molecule has 1 rings (SSSR count). The molecule has 0 aliphatic carbocycles. The zero-order valence-corrected chi connectivity index (χ0v) is 11.8. The fourth-order valence-electron chi connectivity index (χ4n) is 1.63. The second-order valence-corrected chi connectivity index (χ2v) is 4.80. The normalized spacial score (nSPS) is 13.3. The van der Waals surface area contributed by atoms with Gasteiger partial charge in [0, 0.05) is 13.5 Å². The number of aliphatic hydroxyl groups excluding tert-OH is 1. The van der Waals surface area contributed by atoms with Gasteiger partial charge in [-0.2, -0.15) is 0 Å². The van der Waals surface area contributed by atoms with Crippen LogP contribution in [0.3, 0.4) is 0 Å². The van der Waals surface area contributed by atoms with Crippen LogP contribution in [-0.4, -0.2) is 29.6 Å². The summed E-state index contributed by atoms with van der Waals surface area (Å²) in [5, 5.41) is 12.2. The molecule has 0 saturated heterocycles. The Labute approximate surface area is 118 Å². The van der Waals surface area contributed by atoms with E-state index in [4.69, 9.17) is 4.74 Å². The molecule has 0 fully saturated rings. The van der Waals surface area contributed by atoms with Crippen molar-refractivity contribution in [1.82, 2.24) is 5.32 Å². The summed E-state index contributed by atoms with van der Waals surface area (Å²) in [6, 6.07) is 8.88. The van der Waals surface area contributed by atoms with Gasteiger partial charge in [0.05, 0.1) is 12.0 Å². The third-order valence-electron chi connectivity index (χ3n) is 2.88. The van der Waals surface area contributed by atoms with E-state index in [1.807, 2.05) is 6.07 Å². The fourth-order valence-corrected chi connectivity index (χ4v) is 1.63. The Balaban J connectivity index is 2.29. The Hall–Kier alpha value is -1.88. The van der Waals surface area contributed by atoms with Crippen molar-refractivity contribution >= 4 is 11.9 Å². The predicted octanol–water partition coefficient (Wildman–Crippen LogP) is 1.51. The van der Waals surface area contributed by atoms with Crippen LogP contribution in [0.1, 0.15) is 26.7 Å². The zero-order valence-electron chi connectivity index (χ0n) is 11.8. The van der Waals surface area contributed by atoms with E-state index in [2.05, 4.69) is 5.32 Å². The number of ether oxygens (including phenoxy) is 1. The molecule has 1 aromatic rings. The van der Waals surface area contributed by atoms with Gasteiger partial charge in [-0.3, -0.25) is 9.59 Å². The molecule has 0 bridgehead atoms. The second-order valence-electron chi connectivity index (χ2n) is 4.80. The van der Waals surface area contributed by atoms with E-state index >= 15 is 0 Å². The average Bonchev–Trinajstić information content (AvgIpc) is 2.43. The maximum Gasteiger partial charge on any atom is 0.314 e. The molecule has 2 unspecified atom stereocenters. The molecule has 1 amide bonds. The predicted molar refractivity (Wildman–Crippen MR) is 75.2 cm³/mol. The second kappa shape index (κ2) is 8.32. The van der Waals surface area contributed by atoms with E-state index in [9.17, 15) is 14.7 Å². The molecule has 0 heterocycles. The van der Waals surface area contributed by atoms with Gasteiger partial charge in [0.15, 0.2) is 0 Å². The van der Waals surface area contributed by atoms with Crippen LogP contribution >= 0.6 is 0 Å². The first-order valence-electron chi connectivity index (χ1n) is 6.68. The number of benzene rings is 1. The van der Waals surface area contributed by atoms with Crippen LogP contribution in [0.25, 0.3) is 0 Å². The molecule has 0 aliphatic heterocycles. The zero-order chi connectivity index (χ0) is 15.0. The molecule has 0 aromatic heterocycles. The fraction of sp³-hybridized carbons (Fsp3) is 0.467. The van der Waals surface area contributed by atoms with Gasteiger partial charge >= 0.3 is 5.97 Å². The summed E-state index contributed by atoms with van der Waals surface area (Å²) < 4.78 is 5.22. The molecule has 0 aliphatic rings. The minimum Gasteiger partial charge on any atom is -0.426 e. The van der Waals surface area contributed by atoms with Crippen molar-refractivity contribution in [3.63, 3.8) is 0 Å². The summed E-state index contributed by atoms with van der Waals surface area (Å²) in [5.74, 6) is -0.283. The van der Waals surface area contributed by atoms with Crippen LogP contribution in [0.15, 0.2) is 30.3 Å². The molecule has 5 nitrogen and oxygen atoms in total. The van der Waals surface area contributed by atoms with Gasteiger partial charge in [0.2, 0.25) is 5.91 Å². The van der Waals surface area contributed by atoms with E-state index in [1.54, 1.807) is 31.2 Å². The number of carbonyl (C=O) groups is 2. The Morgan fingerprint density at radius 1 is 1.25 bits per heavy atom. The Morgan fingerprint density at radius 3 is 2.50 bits per heavy atom. The average molecular weight is 279 g/mol. The van der Waals surface area contributed by atoms with E-state index < -0.39 is 6.10 Å². The third kappa shape index (κ3) is 6.33. The minimum absolute atomic E-state index is 0.180. The van der Waals surface area contributed by atoms with Crippen molar-refractivity contribution in [2.24, 2.45) is 5.92 Å². The lowest BCUT2D eigenvalue weighted by atomic mass is 10.0. The highest BCUT2D eigenvalue weighted by Crippen LogP contribution is 2.14. The number of nitrogens with one attached hydrogen (secondary N) is 1. The van der Waals surface area contributed by atoms with Gasteiger partial charge in [-0.05, 0) is 25.0 Å². The molecule has 0 radical (unpaired) electrons. The number of esters is 1. The molecular weight excluding hydrogens is 258 g/mol. The molecule has 0 spiro atoms. The Kier molecular flexibility index (Phi) is 6.73. The highest BCUT2D eigenvalue weighted by molar-refractivity contribution is 5.74. The summed E-state index contributed by atoms with van der Waals surface area (Å²) in [6.45, 7) is 3.36. The number of hydrogen-bond donors (Lipinski definition) is 2. The van der Waals surface area contributed by atoms with Gasteiger partial charge in [-0.25, -0.2) is 0 Å². The summed E-state index contributed by atoms with van der Waals surface area (Å²) in [6.07, 6.45) is 0.295. The van der Waals surface area contributed by atoms with Crippen molar-refractivity contribution in [2.75, 3.05) is 6.54 Å². The van der Waals surface area contributed by atoms with E-state index in [0.717, 1.165) is 0 Å². The molecule has 20 heavy (non-hydrogen) atoms. The topological polar surface area (TPSA) is 75.6 Å². The van der Waals surface area contributed by atoms with E-state index in [0.29, 0.717) is 18.6 Å². The van der Waals surface area contributed by atoms with Crippen molar-refractivity contribution in [3.8, 4) is 5.75 Å². The number of amides is 1. The first-order chi connectivity index (χ1) is 9.49. The standard InChI is InChI=1S/C15H21NO4/c1-11(8-9-13(18)10-16-12(2)17)15(19)20-14-6-4-3-5-7-14/h3-7,11,13,18H,8-10H2,1-2H3,(H,16,17). The Bertz CT molecular complexity index is 433. The van der Waals surface area contributed by atoms with Gasteiger partial charge in [0.1, 0.15) is 5.75 Å². The van der Waals surface area contributed by atoms with Gasteiger partial charge in [-0.1, -0.05) is 25.1 Å². The first kappa shape index (κ1) is 16.2. The van der Waals surface area contributed by atoms with Crippen LogP contribution in [0.4, 0.5) is 0 Å². The molecule has 1 aromatic carbocycles. The number of aliphatic hydroxyl groups is 1. The summed E-state index contributed by atoms with van der Waals surface area (Å²) in [7, 11) is 0. The van der Waals surface area contributed by atoms with Crippen molar-refractivity contribution in [1.29, 1.82) is 0 Å². The number of para-hydroxylation sites is 1. The van der Waals surface area contributed by atoms with Crippen LogP contribution < -0.4 is 10.1 Å². The largest absolute Gasteiger partial charge is 0.426 e. The number of rotatable bonds is 7. The number of hydrogen-bond acceptors (Lipinski definition) is 4. The maximum atomic E-state index is 11.8. The SMILES string of the molecule is CC(=O)NCC(O)CCC(C)C(=O)Oc1ccccc1. The highest BCUT2D eigenvalue weighted by Gasteiger charge is 2.17. The van der Waals surface area contributed by atoms with Crippen LogP contribution in [0, 0.1) is 5.92 Å². The monoisotopic (exact) mass is 279 g/mol. The smallest absolute Gasteiger partial charge is 0.314 e. The molecule has 110 valence electrons. The molecule has 2 N–H and O–H groups in total. The van der Waals surface area contributed by atoms with Crippen molar-refractivity contribution < 1.29 is 19.4 Å². The summed E-state index contributed by atoms with van der Waals surface area (Å²) in [5.41, 5.74) is 0. The van der Waals surface area contributed by atoms with E-state index in [1.165, 1.54) is 6.92 Å². The van der Waals surface area contributed by atoms with Crippen molar-refractivity contribution in [2.45, 2.75) is 32.8 Å². The third-order valence-corrected chi connectivity index (χ3v) is 2.88. The molecule has 0 saturated carbocycles. The quantitative estimate of drug-likeness (QED) is 0.586. The van der Waals surface area contributed by atoms with Gasteiger partial charge in [0.25, 0.3) is 0 Å². The lowest BCUT2D eigenvalue weighted by Crippen LogP contribution is -2.31. The maximum absolute atomic E-state index is 11.8. The van der Waals surface area contributed by atoms with Crippen LogP contribution in [-0.2, 0) is 9.59 Å². The molecular formula is C15H21NO4. The summed E-state index contributed by atoms with van der Waals surface area (Å²) in [4.78, 5) is 22.5. The van der Waals surface area contributed by atoms with Gasteiger partial charge in [-0.15, -0.1) is 0 Å². The number of carbonyl (C=O) groups excluding carboxylic acids is 2. The van der Waals surface area contributed by atoms with E-state index in [-0.39, 0.29) is 24.3 Å². The van der Waals surface area contributed by atoms with Crippen molar-refractivity contribution in [3.05, 3.63) is 30.3 Å². The van der Waals surface area contributed by atoms with Crippen LogP contribution in [0.2, 0.25) is 0 Å². The molecule has 2 atom stereocenters. The Morgan fingerprint density at radius 2 is 1.90 bits per heavy atom. The molecule has 5 heteroatoms. The van der Waals surface area contributed by atoms with Crippen LogP contribution in [0.5, 0.6) is 5.75 Å². The summed E-state index contributed by atoms with van der Waals surface area (Å²) >= 11 is 0. The lowest BCUT2D eigenvalue weighted by molar-refractivity contribution is -0.138.